The average Bonchev–Trinajstić information content (AvgIpc) is 2.14. The van der Waals surface area contributed by atoms with Crippen molar-refractivity contribution in [2.24, 2.45) is 0 Å². The molecule has 0 radical (unpaired) electrons. The first kappa shape index (κ1) is 10.6. The molecule has 1 aromatic carbocycles. The summed E-state index contributed by atoms with van der Waals surface area (Å²) in [5, 5.41) is 0. The predicted octanol–water partition coefficient (Wildman–Crippen LogP) is 3.82. The third kappa shape index (κ3) is 3.09. The molecule has 0 heterocycles. The van der Waals surface area contributed by atoms with Crippen LogP contribution < -0.4 is 0 Å². The van der Waals surface area contributed by atoms with Crippen LogP contribution in [0.25, 0.3) is 6.08 Å². The Kier molecular flexibility index (Phi) is 3.12. The third-order valence-corrected chi connectivity index (χ3v) is 1.64. The van der Waals surface area contributed by atoms with Crippen molar-refractivity contribution in [1.82, 2.24) is 0 Å². The molecule has 0 aliphatic heterocycles. The maximum Gasteiger partial charge on any atom is 0.415 e. The Hall–Kier alpha value is -1.51. The Labute approximate surface area is 80.4 Å². The van der Waals surface area contributed by atoms with Crippen LogP contribution in [-0.4, -0.2) is 6.18 Å². The number of hydrogen-bond acceptors (Lipinski definition) is 0. The molecule has 0 bridgehead atoms. The van der Waals surface area contributed by atoms with E-state index < -0.39 is 11.7 Å². The number of allylic oxidation sites excluding steroid dienone is 2. The fraction of sp³-hybridized carbons (Fsp3) is 0.0909. The topological polar surface area (TPSA) is 0 Å². The van der Waals surface area contributed by atoms with Gasteiger partial charge in [-0.05, 0) is 5.56 Å². The maximum absolute atomic E-state index is 12.0. The van der Waals surface area contributed by atoms with Gasteiger partial charge in [0.1, 0.15) is 0 Å². The first-order valence-electron chi connectivity index (χ1n) is 3.99. The zero-order valence-electron chi connectivity index (χ0n) is 7.38. The van der Waals surface area contributed by atoms with Gasteiger partial charge in [-0.15, -0.1) is 0 Å². The van der Waals surface area contributed by atoms with Crippen molar-refractivity contribution >= 4 is 6.08 Å². The van der Waals surface area contributed by atoms with Crippen LogP contribution in [0.15, 0.2) is 48.6 Å². The summed E-state index contributed by atoms with van der Waals surface area (Å²) >= 11 is 0. The summed E-state index contributed by atoms with van der Waals surface area (Å²) in [7, 11) is 0. The molecule has 0 atom stereocenters. The second-order valence-corrected chi connectivity index (χ2v) is 2.77. The molecule has 74 valence electrons. The number of halogens is 3. The summed E-state index contributed by atoms with van der Waals surface area (Å²) in [6.45, 7) is 2.93. The molecule has 1 aromatic rings. The molecule has 0 unspecified atom stereocenters. The highest BCUT2D eigenvalue weighted by atomic mass is 19.4. The fourth-order valence-electron chi connectivity index (χ4n) is 0.855. The van der Waals surface area contributed by atoms with Gasteiger partial charge < -0.3 is 0 Å². The normalized spacial score (nSPS) is 11.9. The lowest BCUT2D eigenvalue weighted by Crippen LogP contribution is -2.08. The predicted molar refractivity (Wildman–Crippen MR) is 50.7 cm³/mol. The van der Waals surface area contributed by atoms with E-state index in [-0.39, 0.29) is 0 Å². The van der Waals surface area contributed by atoms with Gasteiger partial charge in [0, 0.05) is 5.57 Å². The van der Waals surface area contributed by atoms with E-state index in [1.54, 1.807) is 30.3 Å². The lowest BCUT2D eigenvalue weighted by molar-refractivity contribution is -0.0877. The Bertz CT molecular complexity index is 333. The molecule has 0 spiro atoms. The van der Waals surface area contributed by atoms with Crippen molar-refractivity contribution in [3.63, 3.8) is 0 Å². The van der Waals surface area contributed by atoms with E-state index in [2.05, 4.69) is 6.58 Å². The Balaban J connectivity index is 2.71. The smallest absolute Gasteiger partial charge is 0.166 e. The van der Waals surface area contributed by atoms with Crippen LogP contribution in [0.3, 0.4) is 0 Å². The molecule has 0 fully saturated rings. The summed E-state index contributed by atoms with van der Waals surface area (Å²) in [6, 6.07) is 8.77. The molecular formula is C11H9F3. The van der Waals surface area contributed by atoms with Crippen LogP contribution in [0.5, 0.6) is 0 Å². The largest absolute Gasteiger partial charge is 0.415 e. The van der Waals surface area contributed by atoms with Gasteiger partial charge in [0.2, 0.25) is 0 Å². The Morgan fingerprint density at radius 1 is 1.14 bits per heavy atom. The summed E-state index contributed by atoms with van der Waals surface area (Å²) in [5.41, 5.74) is -0.126. The third-order valence-electron chi connectivity index (χ3n) is 1.64. The van der Waals surface area contributed by atoms with E-state index in [9.17, 15) is 13.2 Å². The second kappa shape index (κ2) is 4.13. The molecule has 0 aliphatic carbocycles. The van der Waals surface area contributed by atoms with Gasteiger partial charge in [0.25, 0.3) is 0 Å². The van der Waals surface area contributed by atoms with Crippen molar-refractivity contribution in [3.05, 3.63) is 54.1 Å². The fourth-order valence-corrected chi connectivity index (χ4v) is 0.855. The first-order valence-corrected chi connectivity index (χ1v) is 3.99. The molecule has 0 saturated heterocycles. The molecule has 14 heavy (non-hydrogen) atoms. The molecule has 0 N–H and O–H groups in total. The van der Waals surface area contributed by atoms with Crippen molar-refractivity contribution in [2.45, 2.75) is 6.18 Å². The van der Waals surface area contributed by atoms with E-state index in [1.165, 1.54) is 6.08 Å². The summed E-state index contributed by atoms with van der Waals surface area (Å²) in [4.78, 5) is 0. The minimum Gasteiger partial charge on any atom is -0.166 e. The highest BCUT2D eigenvalue weighted by Gasteiger charge is 2.29. The number of benzene rings is 1. The van der Waals surface area contributed by atoms with Crippen molar-refractivity contribution in [3.8, 4) is 0 Å². The summed E-state index contributed by atoms with van der Waals surface area (Å²) in [6.07, 6.45) is -1.99. The molecule has 0 aliphatic rings. The van der Waals surface area contributed by atoms with E-state index in [4.69, 9.17) is 0 Å². The Morgan fingerprint density at radius 2 is 1.71 bits per heavy atom. The number of alkyl halides is 3. The summed E-state index contributed by atoms with van der Waals surface area (Å²) < 4.78 is 36.0. The monoisotopic (exact) mass is 198 g/mol. The molecule has 0 saturated carbocycles. The highest BCUT2D eigenvalue weighted by molar-refractivity contribution is 5.52. The van der Waals surface area contributed by atoms with Gasteiger partial charge in [-0.2, -0.15) is 13.2 Å². The van der Waals surface area contributed by atoms with Crippen molar-refractivity contribution in [1.29, 1.82) is 0 Å². The van der Waals surface area contributed by atoms with Crippen molar-refractivity contribution in [2.75, 3.05) is 0 Å². The van der Waals surface area contributed by atoms with Crippen molar-refractivity contribution < 1.29 is 13.2 Å². The lowest BCUT2D eigenvalue weighted by atomic mass is 10.2. The minimum absolute atomic E-state index is 0.720. The maximum atomic E-state index is 12.0. The first-order chi connectivity index (χ1) is 6.50. The summed E-state index contributed by atoms with van der Waals surface area (Å²) in [5.74, 6) is 0. The molecule has 1 rings (SSSR count). The molecule has 0 aromatic heterocycles. The van der Waals surface area contributed by atoms with Gasteiger partial charge in [-0.1, -0.05) is 49.1 Å². The van der Waals surface area contributed by atoms with Crippen LogP contribution >= 0.6 is 0 Å². The van der Waals surface area contributed by atoms with Gasteiger partial charge >= 0.3 is 6.18 Å². The van der Waals surface area contributed by atoms with Crippen LogP contribution in [0.2, 0.25) is 0 Å². The van der Waals surface area contributed by atoms with Crippen LogP contribution in [-0.2, 0) is 0 Å². The zero-order chi connectivity index (χ0) is 10.6. The SMILES string of the molecule is C=C(/C=C/c1ccccc1)C(F)(F)F. The minimum atomic E-state index is -4.34. The van der Waals surface area contributed by atoms with E-state index in [1.807, 2.05) is 0 Å². The molecule has 0 amide bonds. The number of rotatable bonds is 2. The molecular weight excluding hydrogens is 189 g/mol. The van der Waals surface area contributed by atoms with Gasteiger partial charge in [-0.3, -0.25) is 0 Å². The highest BCUT2D eigenvalue weighted by Crippen LogP contribution is 2.25. The standard InChI is InChI=1S/C11H9F3/c1-9(11(12,13)14)7-8-10-5-3-2-4-6-10/h2-8H,1H2/b8-7+. The molecule has 0 nitrogen and oxygen atoms in total. The molecule has 3 heteroatoms. The van der Waals surface area contributed by atoms with E-state index >= 15 is 0 Å². The quantitative estimate of drug-likeness (QED) is 0.634. The Morgan fingerprint density at radius 3 is 2.21 bits per heavy atom. The zero-order valence-corrected chi connectivity index (χ0v) is 7.38. The second-order valence-electron chi connectivity index (χ2n) is 2.77. The van der Waals surface area contributed by atoms with Gasteiger partial charge in [0.15, 0.2) is 0 Å². The van der Waals surface area contributed by atoms with E-state index in [0.717, 1.165) is 11.6 Å². The van der Waals surface area contributed by atoms with Gasteiger partial charge in [-0.25, -0.2) is 0 Å². The van der Waals surface area contributed by atoms with Crippen LogP contribution in [0.1, 0.15) is 5.56 Å². The lowest BCUT2D eigenvalue weighted by Gasteiger charge is -2.04. The van der Waals surface area contributed by atoms with Crippen LogP contribution in [0.4, 0.5) is 13.2 Å². The van der Waals surface area contributed by atoms with E-state index in [0.29, 0.717) is 0 Å². The average molecular weight is 198 g/mol. The van der Waals surface area contributed by atoms with Gasteiger partial charge in [0.05, 0.1) is 0 Å². The number of hydrogen-bond donors (Lipinski definition) is 0. The van der Waals surface area contributed by atoms with Crippen LogP contribution in [0, 0.1) is 0 Å².